The minimum atomic E-state index is 0.832. The highest BCUT2D eigenvalue weighted by molar-refractivity contribution is 7.09. The molecule has 0 atom stereocenters. The first-order chi connectivity index (χ1) is 11.7. The van der Waals surface area contributed by atoms with Crippen molar-refractivity contribution in [2.24, 2.45) is 4.99 Å². The van der Waals surface area contributed by atoms with Gasteiger partial charge < -0.3 is 15.4 Å². The van der Waals surface area contributed by atoms with E-state index in [9.17, 15) is 0 Å². The predicted molar refractivity (Wildman–Crippen MR) is 101 cm³/mol. The third-order valence-electron chi connectivity index (χ3n) is 3.63. The summed E-state index contributed by atoms with van der Waals surface area (Å²) in [6, 6.07) is 8.22. The van der Waals surface area contributed by atoms with Gasteiger partial charge in [-0.2, -0.15) is 0 Å². The molecule has 1 aromatic heterocycles. The fraction of sp³-hybridized carbons (Fsp3) is 0.444. The Morgan fingerprint density at radius 3 is 2.79 bits per heavy atom. The van der Waals surface area contributed by atoms with Crippen molar-refractivity contribution < 1.29 is 4.74 Å². The maximum Gasteiger partial charge on any atom is 0.190 e. The van der Waals surface area contributed by atoms with Gasteiger partial charge in [0.1, 0.15) is 5.75 Å². The molecular weight excluding hydrogens is 320 g/mol. The fourth-order valence-electron chi connectivity index (χ4n) is 2.38. The predicted octanol–water partition coefficient (Wildman–Crippen LogP) is 2.80. The van der Waals surface area contributed by atoms with Crippen molar-refractivity contribution >= 4 is 17.3 Å². The van der Waals surface area contributed by atoms with Gasteiger partial charge in [-0.25, -0.2) is 4.98 Å². The smallest absolute Gasteiger partial charge is 0.190 e. The van der Waals surface area contributed by atoms with Gasteiger partial charge in [0.15, 0.2) is 5.96 Å². The van der Waals surface area contributed by atoms with E-state index in [1.165, 1.54) is 5.56 Å². The molecule has 0 saturated heterocycles. The molecule has 0 aliphatic heterocycles. The highest BCUT2D eigenvalue weighted by Gasteiger charge is 2.01. The Kier molecular flexibility index (Phi) is 7.55. The van der Waals surface area contributed by atoms with E-state index in [1.54, 1.807) is 25.5 Å². The molecule has 5 nitrogen and oxygen atoms in total. The molecule has 1 aromatic carbocycles. The number of ether oxygens (including phenoxy) is 1. The number of nitrogens with zero attached hydrogens (tertiary/aromatic N) is 2. The Balaban J connectivity index is 1.64. The summed E-state index contributed by atoms with van der Waals surface area (Å²) in [5.74, 6) is 1.75. The Bertz CT molecular complexity index is 654. The summed E-state index contributed by atoms with van der Waals surface area (Å²) in [5, 5.41) is 9.91. The molecule has 6 heteroatoms. The third-order valence-corrected chi connectivity index (χ3v) is 4.45. The number of rotatable bonds is 8. The minimum absolute atomic E-state index is 0.832. The summed E-state index contributed by atoms with van der Waals surface area (Å²) in [5.41, 5.74) is 2.43. The molecule has 130 valence electrons. The van der Waals surface area contributed by atoms with Gasteiger partial charge in [-0.05, 0) is 37.5 Å². The van der Waals surface area contributed by atoms with E-state index >= 15 is 0 Å². The van der Waals surface area contributed by atoms with Gasteiger partial charge >= 0.3 is 0 Å². The Morgan fingerprint density at radius 1 is 1.25 bits per heavy atom. The number of aliphatic imine (C=N–C) groups is 1. The lowest BCUT2D eigenvalue weighted by molar-refractivity contribution is 0.414. The number of hydrogen-bond donors (Lipinski definition) is 2. The van der Waals surface area contributed by atoms with Crippen molar-refractivity contribution in [3.63, 3.8) is 0 Å². The second kappa shape index (κ2) is 9.93. The molecule has 2 N–H and O–H groups in total. The third kappa shape index (κ3) is 6.20. The minimum Gasteiger partial charge on any atom is -0.497 e. The van der Waals surface area contributed by atoms with E-state index < -0.39 is 0 Å². The van der Waals surface area contributed by atoms with Gasteiger partial charge in [-0.3, -0.25) is 4.99 Å². The molecule has 0 fully saturated rings. The van der Waals surface area contributed by atoms with Gasteiger partial charge in [0, 0.05) is 31.9 Å². The first-order valence-electron chi connectivity index (χ1n) is 8.19. The molecule has 0 bridgehead atoms. The lowest BCUT2D eigenvalue weighted by atomic mass is 10.1. The molecule has 0 saturated carbocycles. The standard InChI is InChI=1S/C18H26N4OS/c1-14-22-16(13-24-14)9-11-21-18(19-2)20-10-5-7-15-6-4-8-17(12-15)23-3/h4,6,8,12-13H,5,7,9-11H2,1-3H3,(H2,19,20,21). The summed E-state index contributed by atoms with van der Waals surface area (Å²) in [6.07, 6.45) is 2.97. The number of guanidine groups is 1. The summed E-state index contributed by atoms with van der Waals surface area (Å²) in [6.45, 7) is 3.75. The Hall–Kier alpha value is -2.08. The van der Waals surface area contributed by atoms with Crippen LogP contribution in [-0.2, 0) is 12.8 Å². The largest absolute Gasteiger partial charge is 0.497 e. The summed E-state index contributed by atoms with van der Waals surface area (Å²) in [7, 11) is 3.49. The maximum atomic E-state index is 5.25. The molecule has 0 aliphatic rings. The van der Waals surface area contributed by atoms with E-state index in [0.717, 1.165) is 54.8 Å². The van der Waals surface area contributed by atoms with Crippen molar-refractivity contribution in [1.29, 1.82) is 0 Å². The normalized spacial score (nSPS) is 11.4. The van der Waals surface area contributed by atoms with Crippen LogP contribution < -0.4 is 15.4 Å². The lowest BCUT2D eigenvalue weighted by Gasteiger charge is -2.11. The van der Waals surface area contributed by atoms with Crippen LogP contribution in [0.4, 0.5) is 0 Å². The number of thiazole rings is 1. The monoisotopic (exact) mass is 346 g/mol. The second-order valence-corrected chi connectivity index (χ2v) is 6.55. The highest BCUT2D eigenvalue weighted by atomic mass is 32.1. The van der Waals surface area contributed by atoms with Gasteiger partial charge in [-0.1, -0.05) is 12.1 Å². The number of aryl methyl sites for hydroxylation is 2. The van der Waals surface area contributed by atoms with Crippen molar-refractivity contribution in [1.82, 2.24) is 15.6 Å². The summed E-state index contributed by atoms with van der Waals surface area (Å²) >= 11 is 1.69. The van der Waals surface area contributed by atoms with Crippen LogP contribution in [0, 0.1) is 6.92 Å². The maximum absolute atomic E-state index is 5.25. The van der Waals surface area contributed by atoms with E-state index in [1.807, 2.05) is 19.1 Å². The molecule has 1 heterocycles. The zero-order valence-corrected chi connectivity index (χ0v) is 15.4. The van der Waals surface area contributed by atoms with Gasteiger partial charge in [0.25, 0.3) is 0 Å². The first kappa shape index (κ1) is 18.3. The zero-order chi connectivity index (χ0) is 17.2. The van der Waals surface area contributed by atoms with E-state index in [-0.39, 0.29) is 0 Å². The number of aromatic nitrogens is 1. The van der Waals surface area contributed by atoms with Gasteiger partial charge in [-0.15, -0.1) is 11.3 Å². The summed E-state index contributed by atoms with van der Waals surface area (Å²) in [4.78, 5) is 8.72. The molecule has 0 radical (unpaired) electrons. The quantitative estimate of drug-likeness (QED) is 0.438. The van der Waals surface area contributed by atoms with Crippen LogP contribution in [0.5, 0.6) is 5.75 Å². The van der Waals surface area contributed by atoms with Crippen molar-refractivity contribution in [2.45, 2.75) is 26.2 Å². The molecule has 0 spiro atoms. The molecule has 24 heavy (non-hydrogen) atoms. The highest BCUT2D eigenvalue weighted by Crippen LogP contribution is 2.13. The van der Waals surface area contributed by atoms with Crippen molar-refractivity contribution in [2.75, 3.05) is 27.2 Å². The number of hydrogen-bond acceptors (Lipinski definition) is 4. The molecule has 2 aromatic rings. The average molecular weight is 347 g/mol. The van der Waals surface area contributed by atoms with Crippen molar-refractivity contribution in [3.05, 3.63) is 45.9 Å². The molecule has 0 aliphatic carbocycles. The Morgan fingerprint density at radius 2 is 2.08 bits per heavy atom. The number of nitrogens with one attached hydrogen (secondary N) is 2. The summed E-state index contributed by atoms with van der Waals surface area (Å²) < 4.78 is 5.25. The zero-order valence-electron chi connectivity index (χ0n) is 14.6. The SMILES string of the molecule is CN=C(NCCCc1cccc(OC)c1)NCCc1csc(C)n1. The van der Waals surface area contributed by atoms with Crippen LogP contribution in [-0.4, -0.2) is 38.2 Å². The second-order valence-electron chi connectivity index (χ2n) is 5.49. The molecule has 2 rings (SSSR count). The Labute approximate surface area is 148 Å². The van der Waals surface area contributed by atoms with Crippen LogP contribution in [0.2, 0.25) is 0 Å². The van der Waals surface area contributed by atoms with E-state index in [2.05, 4.69) is 38.1 Å². The van der Waals surface area contributed by atoms with Crippen LogP contribution in [0.3, 0.4) is 0 Å². The van der Waals surface area contributed by atoms with Crippen molar-refractivity contribution in [3.8, 4) is 5.75 Å². The van der Waals surface area contributed by atoms with Crippen LogP contribution in [0.1, 0.15) is 22.7 Å². The van der Waals surface area contributed by atoms with Gasteiger partial charge in [0.2, 0.25) is 0 Å². The molecular formula is C18H26N4OS. The van der Waals surface area contributed by atoms with Crippen LogP contribution >= 0.6 is 11.3 Å². The number of methoxy groups -OCH3 is 1. The van der Waals surface area contributed by atoms with E-state index in [4.69, 9.17) is 4.74 Å². The van der Waals surface area contributed by atoms with Crippen LogP contribution in [0.25, 0.3) is 0 Å². The van der Waals surface area contributed by atoms with Crippen LogP contribution in [0.15, 0.2) is 34.6 Å². The number of benzene rings is 1. The molecule has 0 unspecified atom stereocenters. The average Bonchev–Trinajstić information content (AvgIpc) is 3.02. The lowest BCUT2D eigenvalue weighted by Crippen LogP contribution is -2.38. The topological polar surface area (TPSA) is 58.5 Å². The van der Waals surface area contributed by atoms with Gasteiger partial charge in [0.05, 0.1) is 17.8 Å². The first-order valence-corrected chi connectivity index (χ1v) is 9.07. The molecule has 0 amide bonds. The van der Waals surface area contributed by atoms with E-state index in [0.29, 0.717) is 0 Å². The fourth-order valence-corrected chi connectivity index (χ4v) is 3.03.